The van der Waals surface area contributed by atoms with E-state index in [0.717, 1.165) is 25.0 Å². The largest absolute Gasteiger partial charge is 0.376 e. The van der Waals surface area contributed by atoms with Crippen LogP contribution in [0.5, 0.6) is 0 Å². The summed E-state index contributed by atoms with van der Waals surface area (Å²) in [5.41, 5.74) is 1.61. The Kier molecular flexibility index (Phi) is 5.19. The molecule has 0 spiro atoms. The molecule has 1 atom stereocenters. The van der Waals surface area contributed by atoms with Crippen molar-refractivity contribution in [3.8, 4) is 0 Å². The number of hydrogen-bond donors (Lipinski definition) is 0. The van der Waals surface area contributed by atoms with Gasteiger partial charge in [0, 0.05) is 29.8 Å². The third-order valence-corrected chi connectivity index (χ3v) is 5.55. The van der Waals surface area contributed by atoms with E-state index in [0.29, 0.717) is 33.6 Å². The summed E-state index contributed by atoms with van der Waals surface area (Å²) < 4.78 is 7.38. The lowest BCUT2D eigenvalue weighted by molar-refractivity contribution is 0.0937. The fraction of sp³-hybridized carbons (Fsp3) is 0.333. The van der Waals surface area contributed by atoms with Gasteiger partial charge in [-0.05, 0) is 30.5 Å². The van der Waals surface area contributed by atoms with Gasteiger partial charge >= 0.3 is 0 Å². The van der Waals surface area contributed by atoms with Gasteiger partial charge in [0.25, 0.3) is 5.56 Å². The van der Waals surface area contributed by atoms with Crippen LogP contribution in [0.1, 0.15) is 18.4 Å². The molecule has 0 saturated carbocycles. The molecule has 26 heavy (non-hydrogen) atoms. The van der Waals surface area contributed by atoms with Gasteiger partial charge in [-0.25, -0.2) is 15.0 Å². The van der Waals surface area contributed by atoms with Gasteiger partial charge in [0.05, 0.1) is 12.6 Å². The van der Waals surface area contributed by atoms with E-state index in [2.05, 4.69) is 15.0 Å². The van der Waals surface area contributed by atoms with E-state index >= 15 is 0 Å². The van der Waals surface area contributed by atoms with E-state index in [9.17, 15) is 4.79 Å². The first-order valence-corrected chi connectivity index (χ1v) is 9.77. The van der Waals surface area contributed by atoms with E-state index < -0.39 is 0 Å². The van der Waals surface area contributed by atoms with E-state index in [-0.39, 0.29) is 11.7 Å². The van der Waals surface area contributed by atoms with Crippen LogP contribution in [0, 0.1) is 0 Å². The van der Waals surface area contributed by atoms with Crippen LogP contribution in [0.25, 0.3) is 11.2 Å². The Morgan fingerprint density at radius 3 is 2.81 bits per heavy atom. The maximum atomic E-state index is 12.9. The van der Waals surface area contributed by atoms with Crippen molar-refractivity contribution in [2.24, 2.45) is 0 Å². The van der Waals surface area contributed by atoms with Crippen molar-refractivity contribution in [3.63, 3.8) is 0 Å². The van der Waals surface area contributed by atoms with Gasteiger partial charge in [0.2, 0.25) is 0 Å². The first kappa shape index (κ1) is 17.5. The Morgan fingerprint density at radius 1 is 1.23 bits per heavy atom. The molecule has 3 aromatic rings. The predicted molar refractivity (Wildman–Crippen MR) is 102 cm³/mol. The highest BCUT2D eigenvalue weighted by atomic mass is 35.5. The molecule has 1 saturated heterocycles. The third-order valence-electron chi connectivity index (χ3n) is 4.25. The minimum atomic E-state index is -0.169. The van der Waals surface area contributed by atoms with Gasteiger partial charge in [-0.1, -0.05) is 35.5 Å². The molecule has 1 aromatic carbocycles. The lowest BCUT2D eigenvalue weighted by atomic mass is 10.2. The summed E-state index contributed by atoms with van der Waals surface area (Å²) in [5, 5.41) is 1.33. The van der Waals surface area contributed by atoms with Crippen LogP contribution in [0.2, 0.25) is 5.02 Å². The van der Waals surface area contributed by atoms with Crippen LogP contribution in [0.3, 0.4) is 0 Å². The minimum Gasteiger partial charge on any atom is -0.376 e. The predicted octanol–water partition coefficient (Wildman–Crippen LogP) is 3.31. The Morgan fingerprint density at radius 2 is 2.04 bits per heavy atom. The second kappa shape index (κ2) is 7.73. The average Bonchev–Trinajstić information content (AvgIpc) is 3.17. The number of hydrogen-bond acceptors (Lipinski definition) is 6. The van der Waals surface area contributed by atoms with E-state index in [4.69, 9.17) is 16.3 Å². The molecule has 134 valence electrons. The van der Waals surface area contributed by atoms with Crippen molar-refractivity contribution in [1.29, 1.82) is 0 Å². The molecule has 1 fully saturated rings. The molecule has 4 rings (SSSR count). The molecule has 2 aromatic heterocycles. The van der Waals surface area contributed by atoms with Crippen molar-refractivity contribution in [2.45, 2.75) is 36.4 Å². The smallest absolute Gasteiger partial charge is 0.282 e. The van der Waals surface area contributed by atoms with Gasteiger partial charge in [-0.2, -0.15) is 0 Å². The zero-order valence-electron chi connectivity index (χ0n) is 14.0. The minimum absolute atomic E-state index is 0.0403. The molecule has 0 N–H and O–H groups in total. The van der Waals surface area contributed by atoms with Gasteiger partial charge in [-0.3, -0.25) is 9.36 Å². The van der Waals surface area contributed by atoms with Crippen LogP contribution >= 0.6 is 23.4 Å². The first-order valence-electron chi connectivity index (χ1n) is 8.41. The van der Waals surface area contributed by atoms with Crippen LogP contribution in [0.4, 0.5) is 0 Å². The van der Waals surface area contributed by atoms with E-state index in [1.165, 1.54) is 18.0 Å². The molecule has 1 aliphatic heterocycles. The van der Waals surface area contributed by atoms with Crippen LogP contribution in [-0.4, -0.2) is 32.2 Å². The van der Waals surface area contributed by atoms with Crippen molar-refractivity contribution >= 4 is 34.5 Å². The maximum Gasteiger partial charge on any atom is 0.282 e. The van der Waals surface area contributed by atoms with Crippen molar-refractivity contribution in [3.05, 3.63) is 57.6 Å². The Hall–Kier alpha value is -1.96. The summed E-state index contributed by atoms with van der Waals surface area (Å²) in [6.07, 6.45) is 5.08. The van der Waals surface area contributed by atoms with Crippen LogP contribution in [-0.2, 0) is 17.0 Å². The first-order chi connectivity index (χ1) is 12.7. The van der Waals surface area contributed by atoms with Crippen LogP contribution in [0.15, 0.2) is 46.6 Å². The number of benzene rings is 1. The highest BCUT2D eigenvalue weighted by molar-refractivity contribution is 7.98. The summed E-state index contributed by atoms with van der Waals surface area (Å²) in [7, 11) is 0. The Bertz CT molecular complexity index is 971. The molecular formula is C18H17ClN4O2S. The van der Waals surface area contributed by atoms with Crippen LogP contribution < -0.4 is 5.56 Å². The maximum absolute atomic E-state index is 12.9. The summed E-state index contributed by atoms with van der Waals surface area (Å²) in [4.78, 5) is 25.9. The lowest BCUT2D eigenvalue weighted by Gasteiger charge is -2.15. The topological polar surface area (TPSA) is 69.9 Å². The molecule has 6 nitrogen and oxygen atoms in total. The number of halogens is 1. The van der Waals surface area contributed by atoms with Crippen molar-refractivity contribution in [2.75, 3.05) is 6.61 Å². The third kappa shape index (κ3) is 3.75. The molecule has 0 bridgehead atoms. The normalized spacial score (nSPS) is 17.0. The quantitative estimate of drug-likeness (QED) is 0.493. The molecule has 1 unspecified atom stereocenters. The number of fused-ring (bicyclic) bond motifs is 1. The highest BCUT2D eigenvalue weighted by Crippen LogP contribution is 2.24. The standard InChI is InChI=1S/C18H17ClN4O2S/c19-13-5-3-12(4-6-13)11-26-18-22-16-15(20-7-8-21-16)17(24)23(18)10-14-2-1-9-25-14/h3-8,14H,1-2,9-11H2. The fourth-order valence-corrected chi connectivity index (χ4v) is 4.00. The SMILES string of the molecule is O=c1c2nccnc2nc(SCc2ccc(Cl)cc2)n1CC1CCCO1. The summed E-state index contributed by atoms with van der Waals surface area (Å²) in [6.45, 7) is 1.23. The number of aromatic nitrogens is 4. The van der Waals surface area contributed by atoms with Crippen molar-refractivity contribution < 1.29 is 4.74 Å². The summed E-state index contributed by atoms with van der Waals surface area (Å²) >= 11 is 7.45. The van der Waals surface area contributed by atoms with Gasteiger partial charge < -0.3 is 4.74 Å². The molecule has 3 heterocycles. The van der Waals surface area contributed by atoms with E-state index in [1.807, 2.05) is 24.3 Å². The van der Waals surface area contributed by atoms with E-state index in [1.54, 1.807) is 10.8 Å². The number of thioether (sulfide) groups is 1. The molecular weight excluding hydrogens is 372 g/mol. The summed E-state index contributed by atoms with van der Waals surface area (Å²) in [5.74, 6) is 0.681. The van der Waals surface area contributed by atoms with Gasteiger partial charge in [0.15, 0.2) is 16.3 Å². The second-order valence-corrected chi connectivity index (χ2v) is 7.47. The molecule has 0 amide bonds. The average molecular weight is 389 g/mol. The number of rotatable bonds is 5. The zero-order chi connectivity index (χ0) is 17.9. The molecule has 0 aliphatic carbocycles. The monoisotopic (exact) mass is 388 g/mol. The number of ether oxygens (including phenoxy) is 1. The summed E-state index contributed by atoms with van der Waals surface area (Å²) in [6, 6.07) is 7.66. The van der Waals surface area contributed by atoms with Gasteiger partial charge in [0.1, 0.15) is 0 Å². The zero-order valence-corrected chi connectivity index (χ0v) is 15.5. The Balaban J connectivity index is 1.68. The van der Waals surface area contributed by atoms with Crippen molar-refractivity contribution in [1.82, 2.24) is 19.5 Å². The Labute approximate surface area is 159 Å². The fourth-order valence-electron chi connectivity index (χ4n) is 2.92. The second-order valence-electron chi connectivity index (χ2n) is 6.09. The molecule has 1 aliphatic rings. The lowest BCUT2D eigenvalue weighted by Crippen LogP contribution is -2.29. The molecule has 0 radical (unpaired) electrons. The molecule has 8 heteroatoms. The van der Waals surface area contributed by atoms with Gasteiger partial charge in [-0.15, -0.1) is 0 Å². The highest BCUT2D eigenvalue weighted by Gasteiger charge is 2.21. The number of nitrogens with zero attached hydrogens (tertiary/aromatic N) is 4.